The van der Waals surface area contributed by atoms with Crippen molar-refractivity contribution in [2.45, 2.75) is 31.2 Å². The molecule has 0 unspecified atom stereocenters. The summed E-state index contributed by atoms with van der Waals surface area (Å²) in [7, 11) is 0. The van der Waals surface area contributed by atoms with Crippen molar-refractivity contribution in [2.75, 3.05) is 16.9 Å². The minimum Gasteiger partial charge on any atom is -0.352 e. The highest BCUT2D eigenvalue weighted by Gasteiger charge is 2.10. The smallest absolute Gasteiger partial charge is 0.225 e. The molecule has 0 fully saturated rings. The Morgan fingerprint density at radius 1 is 1.12 bits per heavy atom. The largest absolute Gasteiger partial charge is 0.352 e. The van der Waals surface area contributed by atoms with E-state index in [0.29, 0.717) is 12.0 Å². The number of para-hydroxylation sites is 1. The van der Waals surface area contributed by atoms with Crippen molar-refractivity contribution in [1.82, 2.24) is 15.0 Å². The summed E-state index contributed by atoms with van der Waals surface area (Å²) in [5.74, 6) is 1.37. The number of benzene rings is 1. The number of anilines is 3. The Balaban J connectivity index is 1.99. The first kappa shape index (κ1) is 18.2. The SMILES string of the molecule is CC[C@H](C)Nc1nc(Nc2ccccc2SC)cc(-c2cccnc2)n1. The summed E-state index contributed by atoms with van der Waals surface area (Å²) in [6, 6.07) is 14.4. The van der Waals surface area contributed by atoms with E-state index >= 15 is 0 Å². The third kappa shape index (κ3) is 4.52. The van der Waals surface area contributed by atoms with Gasteiger partial charge in [0.2, 0.25) is 5.95 Å². The van der Waals surface area contributed by atoms with Gasteiger partial charge in [0.15, 0.2) is 0 Å². The van der Waals surface area contributed by atoms with Crippen molar-refractivity contribution < 1.29 is 0 Å². The quantitative estimate of drug-likeness (QED) is 0.560. The van der Waals surface area contributed by atoms with Crippen LogP contribution in [0.15, 0.2) is 59.8 Å². The predicted octanol–water partition coefficient (Wildman–Crippen LogP) is 5.21. The van der Waals surface area contributed by atoms with E-state index in [1.165, 1.54) is 4.90 Å². The maximum Gasteiger partial charge on any atom is 0.225 e. The molecule has 26 heavy (non-hydrogen) atoms. The third-order valence-corrected chi connectivity index (χ3v) is 4.84. The van der Waals surface area contributed by atoms with Gasteiger partial charge in [-0.15, -0.1) is 11.8 Å². The summed E-state index contributed by atoms with van der Waals surface area (Å²) in [5.41, 5.74) is 2.83. The summed E-state index contributed by atoms with van der Waals surface area (Å²) in [6.45, 7) is 4.26. The molecule has 3 rings (SSSR count). The van der Waals surface area contributed by atoms with E-state index in [0.717, 1.165) is 29.2 Å². The molecule has 3 aromatic rings. The number of hydrogen-bond donors (Lipinski definition) is 2. The maximum absolute atomic E-state index is 4.67. The van der Waals surface area contributed by atoms with E-state index in [1.54, 1.807) is 18.0 Å². The zero-order chi connectivity index (χ0) is 18.4. The topological polar surface area (TPSA) is 62.7 Å². The molecule has 0 saturated carbocycles. The second-order valence-electron chi connectivity index (χ2n) is 5.98. The highest BCUT2D eigenvalue weighted by Crippen LogP contribution is 2.29. The molecule has 6 heteroatoms. The third-order valence-electron chi connectivity index (χ3n) is 4.04. The highest BCUT2D eigenvalue weighted by molar-refractivity contribution is 7.98. The van der Waals surface area contributed by atoms with Gasteiger partial charge in [-0.1, -0.05) is 19.1 Å². The monoisotopic (exact) mass is 365 g/mol. The van der Waals surface area contributed by atoms with E-state index in [9.17, 15) is 0 Å². The van der Waals surface area contributed by atoms with Crippen LogP contribution in [0, 0.1) is 0 Å². The molecule has 0 spiro atoms. The normalized spacial score (nSPS) is 11.8. The Morgan fingerprint density at radius 3 is 2.69 bits per heavy atom. The van der Waals surface area contributed by atoms with Gasteiger partial charge >= 0.3 is 0 Å². The van der Waals surface area contributed by atoms with Crippen LogP contribution in [-0.4, -0.2) is 27.2 Å². The molecular formula is C20H23N5S. The fraction of sp³-hybridized carbons (Fsp3) is 0.250. The van der Waals surface area contributed by atoms with Crippen LogP contribution in [0.1, 0.15) is 20.3 Å². The van der Waals surface area contributed by atoms with Crippen LogP contribution in [0.25, 0.3) is 11.3 Å². The zero-order valence-electron chi connectivity index (χ0n) is 15.2. The Labute approximate surface area is 158 Å². The first-order valence-corrected chi connectivity index (χ1v) is 9.88. The summed E-state index contributed by atoms with van der Waals surface area (Å²) in [6.07, 6.45) is 6.64. The van der Waals surface area contributed by atoms with Crippen LogP contribution in [0.5, 0.6) is 0 Å². The molecule has 1 aromatic carbocycles. The molecule has 2 heterocycles. The average molecular weight is 366 g/mol. The van der Waals surface area contributed by atoms with Crippen molar-refractivity contribution >= 4 is 29.2 Å². The molecule has 0 amide bonds. The van der Waals surface area contributed by atoms with E-state index in [-0.39, 0.29) is 0 Å². The molecule has 0 aliphatic rings. The number of hydrogen-bond acceptors (Lipinski definition) is 6. The van der Waals surface area contributed by atoms with Gasteiger partial charge < -0.3 is 10.6 Å². The van der Waals surface area contributed by atoms with Crippen LogP contribution in [0.2, 0.25) is 0 Å². The molecule has 0 saturated heterocycles. The molecule has 134 valence electrons. The van der Waals surface area contributed by atoms with Gasteiger partial charge in [0.25, 0.3) is 0 Å². The molecule has 0 radical (unpaired) electrons. The van der Waals surface area contributed by atoms with Gasteiger partial charge in [-0.05, 0) is 43.9 Å². The number of aromatic nitrogens is 3. The summed E-state index contributed by atoms with van der Waals surface area (Å²) in [5, 5.41) is 6.80. The lowest BCUT2D eigenvalue weighted by Crippen LogP contribution is -2.16. The van der Waals surface area contributed by atoms with Crippen molar-refractivity contribution in [3.8, 4) is 11.3 Å². The summed E-state index contributed by atoms with van der Waals surface area (Å²) in [4.78, 5) is 14.7. The average Bonchev–Trinajstić information content (AvgIpc) is 2.69. The Hall–Kier alpha value is -2.60. The number of nitrogens with one attached hydrogen (secondary N) is 2. The lowest BCUT2D eigenvalue weighted by Gasteiger charge is -2.15. The van der Waals surface area contributed by atoms with E-state index in [1.807, 2.05) is 36.5 Å². The molecule has 2 aromatic heterocycles. The van der Waals surface area contributed by atoms with Crippen LogP contribution in [0.3, 0.4) is 0 Å². The van der Waals surface area contributed by atoms with Crippen LogP contribution < -0.4 is 10.6 Å². The Kier molecular flexibility index (Phi) is 6.07. The predicted molar refractivity (Wildman–Crippen MR) is 110 cm³/mol. The first-order chi connectivity index (χ1) is 12.7. The second-order valence-corrected chi connectivity index (χ2v) is 6.83. The minimum absolute atomic E-state index is 0.297. The van der Waals surface area contributed by atoms with Gasteiger partial charge in [-0.2, -0.15) is 4.98 Å². The number of thioether (sulfide) groups is 1. The lowest BCUT2D eigenvalue weighted by molar-refractivity contribution is 0.753. The fourth-order valence-corrected chi connectivity index (χ4v) is 3.00. The molecule has 1 atom stereocenters. The van der Waals surface area contributed by atoms with Gasteiger partial charge in [0.1, 0.15) is 5.82 Å². The highest BCUT2D eigenvalue weighted by atomic mass is 32.2. The molecular weight excluding hydrogens is 342 g/mol. The summed E-state index contributed by atoms with van der Waals surface area (Å²) >= 11 is 1.70. The van der Waals surface area contributed by atoms with Gasteiger partial charge in [0.05, 0.1) is 11.4 Å². The van der Waals surface area contributed by atoms with Crippen molar-refractivity contribution in [2.24, 2.45) is 0 Å². The molecule has 0 bridgehead atoms. The number of rotatable bonds is 7. The second kappa shape index (κ2) is 8.67. The zero-order valence-corrected chi connectivity index (χ0v) is 16.0. The first-order valence-electron chi connectivity index (χ1n) is 8.65. The molecule has 2 N–H and O–H groups in total. The molecule has 0 aliphatic heterocycles. The van der Waals surface area contributed by atoms with Crippen molar-refractivity contribution in [3.05, 3.63) is 54.9 Å². The van der Waals surface area contributed by atoms with E-state index < -0.39 is 0 Å². The van der Waals surface area contributed by atoms with Gasteiger partial charge in [-0.25, -0.2) is 4.98 Å². The van der Waals surface area contributed by atoms with E-state index in [2.05, 4.69) is 57.8 Å². The summed E-state index contributed by atoms with van der Waals surface area (Å²) < 4.78 is 0. The van der Waals surface area contributed by atoms with Gasteiger partial charge in [-0.3, -0.25) is 4.98 Å². The number of pyridine rings is 1. The van der Waals surface area contributed by atoms with E-state index in [4.69, 9.17) is 0 Å². The molecule has 0 aliphatic carbocycles. The maximum atomic E-state index is 4.67. The lowest BCUT2D eigenvalue weighted by atomic mass is 10.2. The van der Waals surface area contributed by atoms with Gasteiger partial charge in [0, 0.05) is 35.0 Å². The van der Waals surface area contributed by atoms with Crippen LogP contribution in [0.4, 0.5) is 17.5 Å². The molecule has 5 nitrogen and oxygen atoms in total. The number of nitrogens with zero attached hydrogens (tertiary/aromatic N) is 3. The van der Waals surface area contributed by atoms with Crippen LogP contribution >= 0.6 is 11.8 Å². The Bertz CT molecular complexity index is 854. The van der Waals surface area contributed by atoms with Crippen molar-refractivity contribution in [3.63, 3.8) is 0 Å². The Morgan fingerprint density at radius 2 is 1.96 bits per heavy atom. The van der Waals surface area contributed by atoms with Crippen LogP contribution in [-0.2, 0) is 0 Å². The fourth-order valence-electron chi connectivity index (χ4n) is 2.45. The standard InChI is InChI=1S/C20H23N5S/c1-4-14(2)22-20-24-17(15-8-7-11-21-13-15)12-19(25-20)23-16-9-5-6-10-18(16)26-3/h5-14H,4H2,1-3H3,(H2,22,23,24,25)/t14-/m0/s1. The van der Waals surface area contributed by atoms with Crippen molar-refractivity contribution in [1.29, 1.82) is 0 Å². The minimum atomic E-state index is 0.297.